The van der Waals surface area contributed by atoms with Crippen LogP contribution in [-0.2, 0) is 31.5 Å². The van der Waals surface area contributed by atoms with E-state index in [2.05, 4.69) is 14.6 Å². The minimum Gasteiger partial charge on any atom is -0.368 e. The molecule has 0 saturated heterocycles. The second-order valence-corrected chi connectivity index (χ2v) is 6.88. The van der Waals surface area contributed by atoms with E-state index in [1.807, 2.05) is 48.4 Å². The molecule has 0 fully saturated rings. The van der Waals surface area contributed by atoms with Gasteiger partial charge in [0.2, 0.25) is 0 Å². The molecule has 7 nitrogen and oxygen atoms in total. The van der Waals surface area contributed by atoms with Crippen molar-refractivity contribution in [1.29, 1.82) is 0 Å². The maximum atomic E-state index is 13.0. The second kappa shape index (κ2) is 7.36. The summed E-state index contributed by atoms with van der Waals surface area (Å²) in [5.41, 5.74) is 3.55. The Morgan fingerprint density at radius 1 is 1.22 bits per heavy atom. The van der Waals surface area contributed by atoms with E-state index in [0.717, 1.165) is 17.1 Å². The van der Waals surface area contributed by atoms with Gasteiger partial charge in [-0.25, -0.2) is 0 Å². The highest BCUT2D eigenvalue weighted by atomic mass is 16.5. The molecule has 1 aliphatic rings. The Kier molecular flexibility index (Phi) is 4.77. The molecule has 4 rings (SSSR count). The van der Waals surface area contributed by atoms with Crippen LogP contribution in [0, 0.1) is 6.92 Å². The Balaban J connectivity index is 1.53. The number of ether oxygens (including phenoxy) is 1. The normalized spacial score (nSPS) is 16.8. The molecule has 0 aromatic carbocycles. The van der Waals surface area contributed by atoms with Gasteiger partial charge >= 0.3 is 0 Å². The van der Waals surface area contributed by atoms with Crippen LogP contribution in [0.15, 0.2) is 48.8 Å². The molecule has 140 valence electrons. The molecule has 3 aromatic heterocycles. The summed E-state index contributed by atoms with van der Waals surface area (Å²) in [4.78, 5) is 19.4. The topological polar surface area (TPSA) is 65.2 Å². The quantitative estimate of drug-likeness (QED) is 0.711. The van der Waals surface area contributed by atoms with Crippen molar-refractivity contribution in [3.8, 4) is 0 Å². The number of pyridine rings is 1. The van der Waals surface area contributed by atoms with Gasteiger partial charge in [0.1, 0.15) is 5.69 Å². The summed E-state index contributed by atoms with van der Waals surface area (Å²) in [7, 11) is 1.78. The number of fused-ring (bicyclic) bond motifs is 1. The van der Waals surface area contributed by atoms with Crippen molar-refractivity contribution in [2.75, 3.05) is 6.54 Å². The van der Waals surface area contributed by atoms with Gasteiger partial charge < -0.3 is 14.2 Å². The molecule has 0 saturated carbocycles. The Bertz CT molecular complexity index is 945. The molecular formula is C20H23N5O2. The summed E-state index contributed by atoms with van der Waals surface area (Å²) in [6.45, 7) is 4.19. The van der Waals surface area contributed by atoms with Crippen LogP contribution >= 0.6 is 0 Å². The highest BCUT2D eigenvalue weighted by molar-refractivity contribution is 5.92. The maximum Gasteiger partial charge on any atom is 0.272 e. The van der Waals surface area contributed by atoms with Gasteiger partial charge in [0.15, 0.2) is 0 Å². The molecule has 0 aliphatic carbocycles. The number of carbonyl (C=O) groups excluding carboxylic acids is 1. The number of aromatic nitrogens is 4. The number of amides is 1. The van der Waals surface area contributed by atoms with Crippen LogP contribution in [0.25, 0.3) is 0 Å². The van der Waals surface area contributed by atoms with Gasteiger partial charge in [0.05, 0.1) is 31.5 Å². The fourth-order valence-corrected chi connectivity index (χ4v) is 3.44. The number of rotatable bonds is 4. The standard InChI is InChI=1S/C20H23N5O2/c1-15-5-3-6-16(22-15)14-27-18-12-24-10-4-7-17(24)11-25(13-18)20(26)19-8-9-21-23(19)2/h3-10,18H,11-14H2,1-2H3/t18-/m0/s1. The fourth-order valence-electron chi connectivity index (χ4n) is 3.44. The number of hydrogen-bond acceptors (Lipinski definition) is 4. The zero-order chi connectivity index (χ0) is 18.8. The van der Waals surface area contributed by atoms with Gasteiger partial charge in [-0.2, -0.15) is 5.10 Å². The van der Waals surface area contributed by atoms with E-state index < -0.39 is 0 Å². The van der Waals surface area contributed by atoms with Crippen LogP contribution in [0.2, 0.25) is 0 Å². The summed E-state index contributed by atoms with van der Waals surface area (Å²) in [6, 6.07) is 11.7. The predicted molar refractivity (Wildman–Crippen MR) is 99.9 cm³/mol. The molecular weight excluding hydrogens is 342 g/mol. The van der Waals surface area contributed by atoms with Crippen LogP contribution in [0.5, 0.6) is 0 Å². The van der Waals surface area contributed by atoms with Gasteiger partial charge in [-0.1, -0.05) is 6.07 Å². The largest absolute Gasteiger partial charge is 0.368 e. The average Bonchev–Trinajstić information content (AvgIpc) is 3.23. The molecule has 0 bridgehead atoms. The van der Waals surface area contributed by atoms with E-state index >= 15 is 0 Å². The minimum absolute atomic E-state index is 0.0352. The van der Waals surface area contributed by atoms with Crippen LogP contribution in [0.4, 0.5) is 0 Å². The first kappa shape index (κ1) is 17.5. The number of carbonyl (C=O) groups is 1. The Morgan fingerprint density at radius 2 is 2.11 bits per heavy atom. The molecule has 0 N–H and O–H groups in total. The van der Waals surface area contributed by atoms with Gasteiger partial charge in [-0.05, 0) is 37.3 Å². The zero-order valence-electron chi connectivity index (χ0n) is 15.6. The minimum atomic E-state index is -0.113. The summed E-state index contributed by atoms with van der Waals surface area (Å²) < 4.78 is 9.93. The van der Waals surface area contributed by atoms with Gasteiger partial charge in [-0.15, -0.1) is 0 Å². The lowest BCUT2D eigenvalue weighted by atomic mass is 10.2. The summed E-state index contributed by atoms with van der Waals surface area (Å²) in [6.07, 6.45) is 3.57. The maximum absolute atomic E-state index is 13.0. The summed E-state index contributed by atoms with van der Waals surface area (Å²) in [5.74, 6) is -0.0352. The molecule has 0 radical (unpaired) electrons. The summed E-state index contributed by atoms with van der Waals surface area (Å²) in [5, 5.41) is 4.12. The lowest BCUT2D eigenvalue weighted by Crippen LogP contribution is -2.38. The highest BCUT2D eigenvalue weighted by Gasteiger charge is 2.27. The van der Waals surface area contributed by atoms with Crippen molar-refractivity contribution < 1.29 is 9.53 Å². The lowest BCUT2D eigenvalue weighted by molar-refractivity contribution is 0.00893. The van der Waals surface area contributed by atoms with Crippen molar-refractivity contribution in [1.82, 2.24) is 24.2 Å². The smallest absolute Gasteiger partial charge is 0.272 e. The molecule has 3 aromatic rings. The third kappa shape index (κ3) is 3.78. The third-order valence-corrected chi connectivity index (χ3v) is 4.84. The van der Waals surface area contributed by atoms with E-state index in [9.17, 15) is 4.79 Å². The van der Waals surface area contributed by atoms with Crippen molar-refractivity contribution in [2.45, 2.75) is 32.7 Å². The van der Waals surface area contributed by atoms with Crippen molar-refractivity contribution >= 4 is 5.91 Å². The van der Waals surface area contributed by atoms with Crippen molar-refractivity contribution in [2.24, 2.45) is 7.05 Å². The molecule has 1 aliphatic heterocycles. The monoisotopic (exact) mass is 365 g/mol. The fraction of sp³-hybridized carbons (Fsp3) is 0.350. The van der Waals surface area contributed by atoms with E-state index in [0.29, 0.717) is 31.9 Å². The first-order valence-electron chi connectivity index (χ1n) is 9.05. The van der Waals surface area contributed by atoms with E-state index in [1.54, 1.807) is 24.0 Å². The number of nitrogens with zero attached hydrogens (tertiary/aromatic N) is 5. The molecule has 1 atom stereocenters. The Morgan fingerprint density at radius 3 is 2.89 bits per heavy atom. The summed E-state index contributed by atoms with van der Waals surface area (Å²) >= 11 is 0. The highest BCUT2D eigenvalue weighted by Crippen LogP contribution is 2.18. The SMILES string of the molecule is Cc1cccc(CO[C@@H]2CN(C(=O)c3ccnn3C)Cc3cccn3C2)n1. The first-order chi connectivity index (χ1) is 13.1. The molecule has 27 heavy (non-hydrogen) atoms. The molecule has 1 amide bonds. The molecule has 4 heterocycles. The second-order valence-electron chi connectivity index (χ2n) is 6.88. The van der Waals surface area contributed by atoms with E-state index in [4.69, 9.17) is 4.74 Å². The lowest BCUT2D eigenvalue weighted by Gasteiger charge is -2.24. The van der Waals surface area contributed by atoms with Crippen molar-refractivity contribution in [3.05, 3.63) is 71.6 Å². The number of hydrogen-bond donors (Lipinski definition) is 0. The third-order valence-electron chi connectivity index (χ3n) is 4.84. The van der Waals surface area contributed by atoms with Gasteiger partial charge in [0.25, 0.3) is 5.91 Å². The molecule has 0 unspecified atom stereocenters. The van der Waals surface area contributed by atoms with Crippen LogP contribution in [0.3, 0.4) is 0 Å². The van der Waals surface area contributed by atoms with Gasteiger partial charge in [0, 0.05) is 37.4 Å². The predicted octanol–water partition coefficient (Wildman–Crippen LogP) is 2.17. The van der Waals surface area contributed by atoms with Crippen LogP contribution in [-0.4, -0.2) is 42.8 Å². The van der Waals surface area contributed by atoms with Crippen molar-refractivity contribution in [3.63, 3.8) is 0 Å². The van der Waals surface area contributed by atoms with Gasteiger partial charge in [-0.3, -0.25) is 14.5 Å². The van der Waals surface area contributed by atoms with E-state index in [-0.39, 0.29) is 12.0 Å². The molecule has 7 heteroatoms. The number of aryl methyl sites for hydroxylation is 2. The van der Waals surface area contributed by atoms with Crippen LogP contribution < -0.4 is 0 Å². The van der Waals surface area contributed by atoms with Crippen LogP contribution in [0.1, 0.15) is 27.6 Å². The molecule has 0 spiro atoms. The van der Waals surface area contributed by atoms with E-state index in [1.165, 1.54) is 0 Å². The Labute approximate surface area is 158 Å². The first-order valence-corrected chi connectivity index (χ1v) is 9.05. The Hall–Kier alpha value is -2.93. The average molecular weight is 365 g/mol. The zero-order valence-corrected chi connectivity index (χ0v) is 15.6.